The molecule has 0 spiro atoms. The average Bonchev–Trinajstić information content (AvgIpc) is 2.80. The summed E-state index contributed by atoms with van der Waals surface area (Å²) in [4.78, 5) is -0.332. The number of hydrogen-bond donors (Lipinski definition) is 1. The van der Waals surface area contributed by atoms with Gasteiger partial charge in [0.05, 0.1) is 0 Å². The van der Waals surface area contributed by atoms with Crippen LogP contribution in [-0.4, -0.2) is 38.9 Å². The molecule has 2 rings (SSSR count). The number of benzene rings is 1. The van der Waals surface area contributed by atoms with Crippen molar-refractivity contribution in [2.75, 3.05) is 20.1 Å². The largest absolute Gasteiger partial charge is 0.315 e. The zero-order chi connectivity index (χ0) is 13.3. The van der Waals surface area contributed by atoms with Crippen LogP contribution in [0.4, 0.5) is 4.39 Å². The molecule has 1 fully saturated rings. The molecule has 8 heteroatoms. The molecule has 1 heterocycles. The summed E-state index contributed by atoms with van der Waals surface area (Å²) in [5.74, 6) is -0.819. The quantitative estimate of drug-likeness (QED) is 0.921. The molecular formula is C11H15Cl2FN2O2S. The molecule has 0 amide bonds. The van der Waals surface area contributed by atoms with Crippen LogP contribution in [0.2, 0.25) is 5.02 Å². The Kier molecular flexibility index (Phi) is 5.58. The Morgan fingerprint density at radius 2 is 2.16 bits per heavy atom. The van der Waals surface area contributed by atoms with Crippen LogP contribution in [-0.2, 0) is 10.0 Å². The number of sulfonamides is 1. The highest BCUT2D eigenvalue weighted by atomic mass is 35.5. The molecule has 1 atom stereocenters. The van der Waals surface area contributed by atoms with E-state index in [1.165, 1.54) is 23.5 Å². The fraction of sp³-hybridized carbons (Fsp3) is 0.455. The summed E-state index contributed by atoms with van der Waals surface area (Å²) in [6, 6.07) is 3.45. The van der Waals surface area contributed by atoms with Gasteiger partial charge in [-0.15, -0.1) is 12.4 Å². The van der Waals surface area contributed by atoms with Crippen LogP contribution in [0, 0.1) is 5.82 Å². The number of halogens is 3. The summed E-state index contributed by atoms with van der Waals surface area (Å²) >= 11 is 5.62. The van der Waals surface area contributed by atoms with Crippen molar-refractivity contribution in [1.82, 2.24) is 9.62 Å². The minimum atomic E-state index is -3.81. The Hall–Kier alpha value is -0.400. The zero-order valence-corrected chi connectivity index (χ0v) is 12.7. The minimum Gasteiger partial charge on any atom is -0.315 e. The van der Waals surface area contributed by atoms with Crippen molar-refractivity contribution in [3.8, 4) is 0 Å². The van der Waals surface area contributed by atoms with Crippen LogP contribution >= 0.6 is 24.0 Å². The third kappa shape index (κ3) is 3.38. The topological polar surface area (TPSA) is 49.4 Å². The number of hydrogen-bond acceptors (Lipinski definition) is 3. The highest BCUT2D eigenvalue weighted by Crippen LogP contribution is 2.24. The predicted molar refractivity (Wildman–Crippen MR) is 74.9 cm³/mol. The van der Waals surface area contributed by atoms with Gasteiger partial charge in [-0.05, 0) is 31.2 Å². The number of nitrogens with one attached hydrogen (secondary N) is 1. The maximum atomic E-state index is 13.7. The lowest BCUT2D eigenvalue weighted by atomic mass is 10.3. The predicted octanol–water partition coefficient (Wildman–Crippen LogP) is 1.88. The summed E-state index contributed by atoms with van der Waals surface area (Å²) in [7, 11) is -2.34. The first-order chi connectivity index (χ1) is 8.43. The molecule has 1 aliphatic rings. The van der Waals surface area contributed by atoms with E-state index < -0.39 is 15.8 Å². The molecule has 19 heavy (non-hydrogen) atoms. The van der Waals surface area contributed by atoms with Gasteiger partial charge in [0.1, 0.15) is 10.7 Å². The number of rotatable bonds is 3. The Morgan fingerprint density at radius 1 is 1.47 bits per heavy atom. The van der Waals surface area contributed by atoms with Crippen LogP contribution in [0.1, 0.15) is 6.42 Å². The van der Waals surface area contributed by atoms with Crippen molar-refractivity contribution in [1.29, 1.82) is 0 Å². The van der Waals surface area contributed by atoms with Crippen molar-refractivity contribution in [2.45, 2.75) is 17.4 Å². The molecule has 1 aliphatic heterocycles. The molecule has 1 saturated heterocycles. The van der Waals surface area contributed by atoms with Crippen molar-refractivity contribution in [3.05, 3.63) is 29.0 Å². The van der Waals surface area contributed by atoms with E-state index in [0.29, 0.717) is 6.54 Å². The van der Waals surface area contributed by atoms with Gasteiger partial charge in [-0.25, -0.2) is 12.8 Å². The molecule has 0 aliphatic carbocycles. The monoisotopic (exact) mass is 328 g/mol. The average molecular weight is 329 g/mol. The van der Waals surface area contributed by atoms with Gasteiger partial charge in [0, 0.05) is 24.7 Å². The van der Waals surface area contributed by atoms with Gasteiger partial charge in [0.15, 0.2) is 0 Å². The van der Waals surface area contributed by atoms with Gasteiger partial charge in [0.2, 0.25) is 10.0 Å². The van der Waals surface area contributed by atoms with Crippen molar-refractivity contribution >= 4 is 34.0 Å². The molecule has 1 aromatic carbocycles. The van der Waals surface area contributed by atoms with E-state index in [9.17, 15) is 12.8 Å². The molecule has 0 aromatic heterocycles. The van der Waals surface area contributed by atoms with Gasteiger partial charge < -0.3 is 5.32 Å². The second kappa shape index (κ2) is 6.37. The van der Waals surface area contributed by atoms with Crippen LogP contribution in [0.3, 0.4) is 0 Å². The summed E-state index contributed by atoms with van der Waals surface area (Å²) in [5.41, 5.74) is 0. The molecule has 108 valence electrons. The molecule has 1 unspecified atom stereocenters. The third-order valence-electron chi connectivity index (χ3n) is 3.10. The van der Waals surface area contributed by atoms with Crippen molar-refractivity contribution in [3.63, 3.8) is 0 Å². The van der Waals surface area contributed by atoms with E-state index in [4.69, 9.17) is 11.6 Å². The molecule has 1 aromatic rings. The minimum absolute atomic E-state index is 0. The van der Waals surface area contributed by atoms with Crippen LogP contribution in [0.25, 0.3) is 0 Å². The highest BCUT2D eigenvalue weighted by molar-refractivity contribution is 7.89. The van der Waals surface area contributed by atoms with Crippen LogP contribution < -0.4 is 5.32 Å². The standard InChI is InChI=1S/C11H14ClFN2O2S.ClH/c1-15(9-4-5-14-7-9)18(16,17)11-3-2-8(12)6-10(11)13;/h2-3,6,9,14H,4-5,7H2,1H3;1H. The molecule has 0 radical (unpaired) electrons. The Balaban J connectivity index is 0.00000180. The maximum Gasteiger partial charge on any atom is 0.246 e. The van der Waals surface area contributed by atoms with E-state index in [-0.39, 0.29) is 28.4 Å². The summed E-state index contributed by atoms with van der Waals surface area (Å²) in [5, 5.41) is 3.26. The fourth-order valence-corrected chi connectivity index (χ4v) is 3.57. The van der Waals surface area contributed by atoms with E-state index >= 15 is 0 Å². The van der Waals surface area contributed by atoms with Gasteiger partial charge in [-0.2, -0.15) is 4.31 Å². The SMILES string of the molecule is CN(C1CCNC1)S(=O)(=O)c1ccc(Cl)cc1F.Cl. The molecule has 0 bridgehead atoms. The molecular weight excluding hydrogens is 314 g/mol. The Labute approximate surface area is 123 Å². The Morgan fingerprint density at radius 3 is 2.68 bits per heavy atom. The lowest BCUT2D eigenvalue weighted by Crippen LogP contribution is -2.38. The summed E-state index contributed by atoms with van der Waals surface area (Å²) < 4.78 is 39.4. The number of nitrogens with zero attached hydrogens (tertiary/aromatic N) is 1. The fourth-order valence-electron chi connectivity index (χ4n) is 1.99. The van der Waals surface area contributed by atoms with Gasteiger partial charge in [-0.1, -0.05) is 11.6 Å². The van der Waals surface area contributed by atoms with Gasteiger partial charge in [-0.3, -0.25) is 0 Å². The highest BCUT2D eigenvalue weighted by Gasteiger charge is 2.31. The lowest BCUT2D eigenvalue weighted by Gasteiger charge is -2.23. The second-order valence-corrected chi connectivity index (χ2v) is 6.64. The molecule has 4 nitrogen and oxygen atoms in total. The van der Waals surface area contributed by atoms with Crippen LogP contribution in [0.5, 0.6) is 0 Å². The van der Waals surface area contributed by atoms with Gasteiger partial charge in [0.25, 0.3) is 0 Å². The molecule has 1 N–H and O–H groups in total. The first-order valence-corrected chi connectivity index (χ1v) is 7.38. The third-order valence-corrected chi connectivity index (χ3v) is 5.28. The summed E-state index contributed by atoms with van der Waals surface area (Å²) in [6.45, 7) is 1.36. The van der Waals surface area contributed by atoms with E-state index in [1.54, 1.807) is 0 Å². The smallest absolute Gasteiger partial charge is 0.246 e. The maximum absolute atomic E-state index is 13.7. The van der Waals surface area contributed by atoms with Crippen LogP contribution in [0.15, 0.2) is 23.1 Å². The van der Waals surface area contributed by atoms with Crippen molar-refractivity contribution < 1.29 is 12.8 Å². The second-order valence-electron chi connectivity index (χ2n) is 4.24. The van der Waals surface area contributed by atoms with E-state index in [1.807, 2.05) is 0 Å². The first-order valence-electron chi connectivity index (χ1n) is 5.57. The first kappa shape index (κ1) is 16.7. The zero-order valence-electron chi connectivity index (χ0n) is 10.3. The van der Waals surface area contributed by atoms with E-state index in [0.717, 1.165) is 19.0 Å². The van der Waals surface area contributed by atoms with E-state index in [2.05, 4.69) is 5.32 Å². The molecule has 0 saturated carbocycles. The van der Waals surface area contributed by atoms with Crippen molar-refractivity contribution in [2.24, 2.45) is 0 Å². The number of likely N-dealkylation sites (N-methyl/N-ethyl adjacent to an activating group) is 1. The normalized spacial score (nSPS) is 19.5. The lowest BCUT2D eigenvalue weighted by molar-refractivity contribution is 0.385. The van der Waals surface area contributed by atoms with Gasteiger partial charge >= 0.3 is 0 Å². The Bertz CT molecular complexity index is 548. The summed E-state index contributed by atoms with van der Waals surface area (Å²) in [6.07, 6.45) is 0.727.